The van der Waals surface area contributed by atoms with Crippen molar-refractivity contribution in [1.29, 1.82) is 0 Å². The lowest BCUT2D eigenvalue weighted by Crippen LogP contribution is -2.33. The molecule has 0 amide bonds. The maximum Gasteiger partial charge on any atom is 0.137 e. The van der Waals surface area contributed by atoms with Gasteiger partial charge in [0.05, 0.1) is 6.61 Å². The molecule has 0 saturated heterocycles. The monoisotopic (exact) mass is 281 g/mol. The van der Waals surface area contributed by atoms with Crippen molar-refractivity contribution in [1.82, 2.24) is 15.3 Å². The number of nitrogens with one attached hydrogen (secondary N) is 2. The van der Waals surface area contributed by atoms with E-state index in [4.69, 9.17) is 0 Å². The van der Waals surface area contributed by atoms with Crippen molar-refractivity contribution in [2.24, 2.45) is 0 Å². The number of pyridine rings is 1. The second-order valence-electron chi connectivity index (χ2n) is 5.16. The van der Waals surface area contributed by atoms with Crippen LogP contribution in [0.5, 0.6) is 0 Å². The highest BCUT2D eigenvalue weighted by atomic mass is 16.3. The molecule has 2 aromatic heterocycles. The molecule has 4 nitrogen and oxygen atoms in total. The Morgan fingerprint density at radius 1 is 1.14 bits per heavy atom. The van der Waals surface area contributed by atoms with Gasteiger partial charge in [-0.15, -0.1) is 0 Å². The molecule has 0 unspecified atom stereocenters. The highest BCUT2D eigenvalue weighted by molar-refractivity contribution is 5.79. The van der Waals surface area contributed by atoms with Gasteiger partial charge >= 0.3 is 0 Å². The molecule has 0 fully saturated rings. The van der Waals surface area contributed by atoms with Crippen molar-refractivity contribution in [3.8, 4) is 0 Å². The van der Waals surface area contributed by atoms with Gasteiger partial charge in [-0.3, -0.25) is 0 Å². The van der Waals surface area contributed by atoms with Gasteiger partial charge in [0.25, 0.3) is 0 Å². The van der Waals surface area contributed by atoms with Gasteiger partial charge in [0.1, 0.15) is 5.65 Å². The van der Waals surface area contributed by atoms with E-state index in [1.54, 1.807) is 6.20 Å². The van der Waals surface area contributed by atoms with Crippen molar-refractivity contribution < 1.29 is 5.11 Å². The number of hydrogen-bond donors (Lipinski definition) is 3. The SMILES string of the molecule is OC[C@H](Cc1ccccc1)NCc1c[nH]c2ncccc12. The van der Waals surface area contributed by atoms with E-state index in [9.17, 15) is 5.11 Å². The molecule has 108 valence electrons. The van der Waals surface area contributed by atoms with Crippen LogP contribution >= 0.6 is 0 Å². The maximum atomic E-state index is 9.55. The predicted octanol–water partition coefficient (Wildman–Crippen LogP) is 2.26. The second-order valence-corrected chi connectivity index (χ2v) is 5.16. The first kappa shape index (κ1) is 13.8. The Hall–Kier alpha value is -2.17. The van der Waals surface area contributed by atoms with Gasteiger partial charge in [0, 0.05) is 30.4 Å². The number of H-pyrrole nitrogens is 1. The van der Waals surface area contributed by atoms with Crippen LogP contribution < -0.4 is 5.32 Å². The van der Waals surface area contributed by atoms with Crippen LogP contribution in [0, 0.1) is 0 Å². The summed E-state index contributed by atoms with van der Waals surface area (Å²) < 4.78 is 0. The third-order valence-corrected chi connectivity index (χ3v) is 3.66. The number of aliphatic hydroxyl groups is 1. The molecule has 3 aromatic rings. The number of fused-ring (bicyclic) bond motifs is 1. The zero-order valence-electron chi connectivity index (χ0n) is 11.8. The van der Waals surface area contributed by atoms with Crippen LogP contribution in [0.25, 0.3) is 11.0 Å². The number of hydrogen-bond acceptors (Lipinski definition) is 3. The van der Waals surface area contributed by atoms with Crippen LogP contribution in [0.15, 0.2) is 54.9 Å². The number of aromatic nitrogens is 2. The standard InChI is InChI=1S/C17H19N3O/c21-12-15(9-13-5-2-1-3-6-13)19-10-14-11-20-17-16(14)7-4-8-18-17/h1-8,11,15,19,21H,9-10,12H2,(H,18,20)/t15-/m0/s1. The second kappa shape index (κ2) is 6.52. The van der Waals surface area contributed by atoms with Crippen LogP contribution in [-0.2, 0) is 13.0 Å². The van der Waals surface area contributed by atoms with E-state index >= 15 is 0 Å². The fraction of sp³-hybridized carbons (Fsp3) is 0.235. The molecular formula is C17H19N3O. The first-order valence-corrected chi connectivity index (χ1v) is 7.16. The zero-order valence-corrected chi connectivity index (χ0v) is 11.8. The Balaban J connectivity index is 1.65. The lowest BCUT2D eigenvalue weighted by atomic mass is 10.1. The van der Waals surface area contributed by atoms with E-state index in [1.165, 1.54) is 11.1 Å². The molecule has 3 N–H and O–H groups in total. The molecule has 4 heteroatoms. The minimum absolute atomic E-state index is 0.0500. The molecule has 1 atom stereocenters. The largest absolute Gasteiger partial charge is 0.395 e. The van der Waals surface area contributed by atoms with Crippen molar-refractivity contribution >= 4 is 11.0 Å². The first-order chi connectivity index (χ1) is 10.4. The molecule has 1 aromatic carbocycles. The molecule has 0 saturated carbocycles. The minimum Gasteiger partial charge on any atom is -0.395 e. The van der Waals surface area contributed by atoms with E-state index in [0.717, 1.165) is 17.5 Å². The summed E-state index contributed by atoms with van der Waals surface area (Å²) in [6, 6.07) is 14.3. The molecule has 0 radical (unpaired) electrons. The van der Waals surface area contributed by atoms with E-state index in [0.29, 0.717) is 6.54 Å². The average molecular weight is 281 g/mol. The predicted molar refractivity (Wildman–Crippen MR) is 84.0 cm³/mol. The Bertz CT molecular complexity index is 693. The van der Waals surface area contributed by atoms with Crippen LogP contribution in [0.4, 0.5) is 0 Å². The quantitative estimate of drug-likeness (QED) is 0.649. The lowest BCUT2D eigenvalue weighted by molar-refractivity contribution is 0.241. The summed E-state index contributed by atoms with van der Waals surface area (Å²) in [7, 11) is 0. The molecular weight excluding hydrogens is 262 g/mol. The highest BCUT2D eigenvalue weighted by Crippen LogP contribution is 2.15. The molecule has 0 bridgehead atoms. The fourth-order valence-electron chi connectivity index (χ4n) is 2.51. The van der Waals surface area contributed by atoms with Crippen molar-refractivity contribution in [2.75, 3.05) is 6.61 Å². The Labute approximate surface area is 123 Å². The third-order valence-electron chi connectivity index (χ3n) is 3.66. The Morgan fingerprint density at radius 3 is 2.81 bits per heavy atom. The first-order valence-electron chi connectivity index (χ1n) is 7.16. The number of nitrogens with zero attached hydrogens (tertiary/aromatic N) is 1. The summed E-state index contributed by atoms with van der Waals surface area (Å²) in [6.07, 6.45) is 4.57. The van der Waals surface area contributed by atoms with Gasteiger partial charge in [-0.2, -0.15) is 0 Å². The number of aliphatic hydroxyl groups excluding tert-OH is 1. The summed E-state index contributed by atoms with van der Waals surface area (Å²) in [5, 5.41) is 14.1. The molecule has 0 aliphatic rings. The molecule has 0 aliphatic carbocycles. The van der Waals surface area contributed by atoms with Gasteiger partial charge < -0.3 is 15.4 Å². The minimum atomic E-state index is 0.0500. The van der Waals surface area contributed by atoms with Gasteiger partial charge in [0.15, 0.2) is 0 Å². The number of benzene rings is 1. The summed E-state index contributed by atoms with van der Waals surface area (Å²) >= 11 is 0. The van der Waals surface area contributed by atoms with Crippen LogP contribution in [-0.4, -0.2) is 27.7 Å². The van der Waals surface area contributed by atoms with Crippen LogP contribution in [0.2, 0.25) is 0 Å². The average Bonchev–Trinajstić information content (AvgIpc) is 2.96. The van der Waals surface area contributed by atoms with Crippen LogP contribution in [0.1, 0.15) is 11.1 Å². The molecule has 21 heavy (non-hydrogen) atoms. The highest BCUT2D eigenvalue weighted by Gasteiger charge is 2.10. The van der Waals surface area contributed by atoms with Gasteiger partial charge in [-0.05, 0) is 29.7 Å². The molecule has 0 spiro atoms. The van der Waals surface area contributed by atoms with E-state index in [-0.39, 0.29) is 12.6 Å². The number of aromatic amines is 1. The van der Waals surface area contributed by atoms with Gasteiger partial charge in [-0.25, -0.2) is 4.98 Å². The Morgan fingerprint density at radius 2 is 2.00 bits per heavy atom. The smallest absolute Gasteiger partial charge is 0.137 e. The zero-order chi connectivity index (χ0) is 14.5. The summed E-state index contributed by atoms with van der Waals surface area (Å²) in [6.45, 7) is 0.833. The normalized spacial score (nSPS) is 12.6. The van der Waals surface area contributed by atoms with Crippen molar-refractivity contribution in [2.45, 2.75) is 19.0 Å². The number of rotatable bonds is 6. The van der Waals surface area contributed by atoms with Gasteiger partial charge in [-0.1, -0.05) is 30.3 Å². The van der Waals surface area contributed by atoms with Crippen molar-refractivity contribution in [3.05, 3.63) is 66.0 Å². The molecule has 3 rings (SSSR count). The lowest BCUT2D eigenvalue weighted by Gasteiger charge is -2.16. The molecule has 2 heterocycles. The van der Waals surface area contributed by atoms with Crippen molar-refractivity contribution in [3.63, 3.8) is 0 Å². The van der Waals surface area contributed by atoms with Crippen LogP contribution in [0.3, 0.4) is 0 Å². The Kier molecular flexibility index (Phi) is 4.28. The van der Waals surface area contributed by atoms with E-state index in [2.05, 4.69) is 33.5 Å². The topological polar surface area (TPSA) is 60.9 Å². The fourth-order valence-corrected chi connectivity index (χ4v) is 2.51. The summed E-state index contributed by atoms with van der Waals surface area (Å²) in [5.74, 6) is 0. The van der Waals surface area contributed by atoms with Gasteiger partial charge in [0.2, 0.25) is 0 Å². The maximum absolute atomic E-state index is 9.55. The molecule has 0 aliphatic heterocycles. The van der Waals surface area contributed by atoms with E-state index < -0.39 is 0 Å². The summed E-state index contributed by atoms with van der Waals surface area (Å²) in [5.41, 5.74) is 3.30. The third kappa shape index (κ3) is 3.29. The van der Waals surface area contributed by atoms with E-state index in [1.807, 2.05) is 30.5 Å². The summed E-state index contributed by atoms with van der Waals surface area (Å²) in [4.78, 5) is 7.45.